The van der Waals surface area contributed by atoms with Crippen LogP contribution < -0.4 is 10.6 Å². The fourth-order valence-corrected chi connectivity index (χ4v) is 1.99. The molecule has 1 aromatic rings. The number of aromatic nitrogens is 2. The fraction of sp³-hybridized carbons (Fsp3) is 0.643. The first-order chi connectivity index (χ1) is 9.05. The molecule has 5 heteroatoms. The zero-order valence-electron chi connectivity index (χ0n) is 11.9. The van der Waals surface area contributed by atoms with Gasteiger partial charge in [0.05, 0.1) is 5.69 Å². The Morgan fingerprint density at radius 3 is 2.89 bits per heavy atom. The van der Waals surface area contributed by atoms with Gasteiger partial charge in [0.1, 0.15) is 11.9 Å². The molecule has 5 nitrogen and oxygen atoms in total. The lowest BCUT2D eigenvalue weighted by molar-refractivity contribution is 0.376. The largest absolute Gasteiger partial charge is 0.369 e. The number of nitriles is 1. The Morgan fingerprint density at radius 2 is 2.21 bits per heavy atom. The van der Waals surface area contributed by atoms with Crippen LogP contribution >= 0.6 is 0 Å². The minimum Gasteiger partial charge on any atom is -0.369 e. The molecule has 0 spiro atoms. The van der Waals surface area contributed by atoms with Crippen LogP contribution in [0.2, 0.25) is 0 Å². The van der Waals surface area contributed by atoms with Gasteiger partial charge in [-0.05, 0) is 11.8 Å². The van der Waals surface area contributed by atoms with Gasteiger partial charge in [-0.3, -0.25) is 0 Å². The van der Waals surface area contributed by atoms with Crippen molar-refractivity contribution in [2.45, 2.75) is 40.2 Å². The van der Waals surface area contributed by atoms with E-state index in [0.29, 0.717) is 0 Å². The van der Waals surface area contributed by atoms with Gasteiger partial charge in [-0.2, -0.15) is 5.26 Å². The molecule has 0 radical (unpaired) electrons. The number of hydrogen-bond acceptors (Lipinski definition) is 5. The second-order valence-electron chi connectivity index (χ2n) is 5.73. The van der Waals surface area contributed by atoms with Crippen LogP contribution in [0.3, 0.4) is 0 Å². The normalized spacial score (nSPS) is 14.6. The molecule has 1 aromatic heterocycles. The second kappa shape index (κ2) is 5.54. The molecule has 102 valence electrons. The second-order valence-corrected chi connectivity index (χ2v) is 5.73. The number of nitrogens with zero attached hydrogens (tertiary/aromatic N) is 3. The molecule has 0 atom stereocenters. The highest BCUT2D eigenvalue weighted by molar-refractivity contribution is 5.49. The average Bonchev–Trinajstić information content (AvgIpc) is 2.44. The van der Waals surface area contributed by atoms with E-state index in [1.165, 1.54) is 0 Å². The zero-order chi connectivity index (χ0) is 13.9. The van der Waals surface area contributed by atoms with Gasteiger partial charge in [0, 0.05) is 31.6 Å². The number of hydrogen-bond donors (Lipinski definition) is 2. The number of anilines is 1. The molecule has 0 aliphatic carbocycles. The van der Waals surface area contributed by atoms with Crippen molar-refractivity contribution in [3.63, 3.8) is 0 Å². The van der Waals surface area contributed by atoms with Gasteiger partial charge in [0.15, 0.2) is 0 Å². The van der Waals surface area contributed by atoms with E-state index >= 15 is 0 Å². The lowest BCUT2D eigenvalue weighted by Gasteiger charge is -2.25. The minimum atomic E-state index is 0.215. The molecular weight excluding hydrogens is 238 g/mol. The summed E-state index contributed by atoms with van der Waals surface area (Å²) in [6, 6.07) is 2.05. The van der Waals surface area contributed by atoms with Gasteiger partial charge in [-0.1, -0.05) is 20.8 Å². The van der Waals surface area contributed by atoms with Crippen molar-refractivity contribution in [3.8, 4) is 6.07 Å². The maximum Gasteiger partial charge on any atom is 0.234 e. The van der Waals surface area contributed by atoms with E-state index in [9.17, 15) is 0 Å². The van der Waals surface area contributed by atoms with Gasteiger partial charge in [-0.15, -0.1) is 0 Å². The summed E-state index contributed by atoms with van der Waals surface area (Å²) in [7, 11) is 0. The Kier molecular flexibility index (Phi) is 4.01. The van der Waals surface area contributed by atoms with E-state index in [1.54, 1.807) is 0 Å². The smallest absolute Gasteiger partial charge is 0.234 e. The van der Waals surface area contributed by atoms with Crippen LogP contribution in [0.15, 0.2) is 0 Å². The SMILES string of the molecule is CCC(C)(C)CNc1nc(C#N)nc2c1CNCC2. The molecule has 0 saturated heterocycles. The van der Waals surface area contributed by atoms with Crippen molar-refractivity contribution in [1.29, 1.82) is 5.26 Å². The lowest BCUT2D eigenvalue weighted by Crippen LogP contribution is -2.29. The molecule has 0 saturated carbocycles. The predicted molar refractivity (Wildman–Crippen MR) is 74.7 cm³/mol. The Labute approximate surface area is 114 Å². The molecule has 0 fully saturated rings. The quantitative estimate of drug-likeness (QED) is 0.863. The van der Waals surface area contributed by atoms with Crippen molar-refractivity contribution in [3.05, 3.63) is 17.1 Å². The monoisotopic (exact) mass is 259 g/mol. The Bertz CT molecular complexity index is 501. The van der Waals surface area contributed by atoms with Crippen molar-refractivity contribution >= 4 is 5.82 Å². The standard InChI is InChI=1S/C14H21N5/c1-4-14(2,3)9-17-13-10-8-16-6-5-11(10)18-12(7-15)19-13/h16H,4-6,8-9H2,1-3H3,(H,17,18,19). The van der Waals surface area contributed by atoms with Crippen LogP contribution in [0.25, 0.3) is 0 Å². The van der Waals surface area contributed by atoms with E-state index in [1.807, 2.05) is 6.07 Å². The predicted octanol–water partition coefficient (Wildman–Crippen LogP) is 1.84. The summed E-state index contributed by atoms with van der Waals surface area (Å²) in [5.74, 6) is 1.08. The molecule has 2 rings (SSSR count). The summed E-state index contributed by atoms with van der Waals surface area (Å²) in [6.45, 7) is 9.15. The van der Waals surface area contributed by atoms with Crippen molar-refractivity contribution in [2.75, 3.05) is 18.4 Å². The molecule has 1 aliphatic rings. The Balaban J connectivity index is 2.26. The van der Waals surface area contributed by atoms with Gasteiger partial charge in [0.25, 0.3) is 0 Å². The first-order valence-corrected chi connectivity index (χ1v) is 6.80. The molecular formula is C14H21N5. The van der Waals surface area contributed by atoms with Crippen LogP contribution in [0.5, 0.6) is 0 Å². The average molecular weight is 259 g/mol. The van der Waals surface area contributed by atoms with E-state index in [0.717, 1.165) is 49.6 Å². The summed E-state index contributed by atoms with van der Waals surface area (Å²) >= 11 is 0. The maximum absolute atomic E-state index is 9.02. The van der Waals surface area contributed by atoms with Crippen LogP contribution in [0, 0.1) is 16.7 Å². The highest BCUT2D eigenvalue weighted by Crippen LogP contribution is 2.24. The van der Waals surface area contributed by atoms with Crippen LogP contribution in [-0.2, 0) is 13.0 Å². The fourth-order valence-electron chi connectivity index (χ4n) is 1.99. The Morgan fingerprint density at radius 1 is 1.42 bits per heavy atom. The molecule has 0 unspecified atom stereocenters. The van der Waals surface area contributed by atoms with Crippen molar-refractivity contribution < 1.29 is 0 Å². The molecule has 0 aromatic carbocycles. The highest BCUT2D eigenvalue weighted by atomic mass is 15.1. The van der Waals surface area contributed by atoms with Crippen molar-refractivity contribution in [2.24, 2.45) is 5.41 Å². The number of rotatable bonds is 4. The number of nitrogens with one attached hydrogen (secondary N) is 2. The van der Waals surface area contributed by atoms with E-state index < -0.39 is 0 Å². The first kappa shape index (κ1) is 13.8. The molecule has 2 heterocycles. The van der Waals surface area contributed by atoms with E-state index in [2.05, 4.69) is 41.4 Å². The summed E-state index contributed by atoms with van der Waals surface area (Å²) in [6.07, 6.45) is 1.95. The van der Waals surface area contributed by atoms with Gasteiger partial charge >= 0.3 is 0 Å². The summed E-state index contributed by atoms with van der Waals surface area (Å²) in [5, 5.41) is 15.7. The molecule has 19 heavy (non-hydrogen) atoms. The Hall–Kier alpha value is -1.67. The third kappa shape index (κ3) is 3.21. The molecule has 2 N–H and O–H groups in total. The van der Waals surface area contributed by atoms with Crippen LogP contribution in [0.1, 0.15) is 44.3 Å². The summed E-state index contributed by atoms with van der Waals surface area (Å²) in [4.78, 5) is 8.62. The molecule has 0 amide bonds. The zero-order valence-corrected chi connectivity index (χ0v) is 11.9. The maximum atomic E-state index is 9.02. The van der Waals surface area contributed by atoms with Gasteiger partial charge < -0.3 is 10.6 Å². The number of fused-ring (bicyclic) bond motifs is 1. The first-order valence-electron chi connectivity index (χ1n) is 6.80. The van der Waals surface area contributed by atoms with E-state index in [4.69, 9.17) is 5.26 Å². The van der Waals surface area contributed by atoms with Gasteiger partial charge in [0.2, 0.25) is 5.82 Å². The highest BCUT2D eigenvalue weighted by Gasteiger charge is 2.20. The lowest BCUT2D eigenvalue weighted by atomic mass is 9.90. The minimum absolute atomic E-state index is 0.215. The summed E-state index contributed by atoms with van der Waals surface area (Å²) in [5.41, 5.74) is 2.33. The third-order valence-electron chi connectivity index (χ3n) is 3.72. The third-order valence-corrected chi connectivity index (χ3v) is 3.72. The van der Waals surface area contributed by atoms with E-state index in [-0.39, 0.29) is 11.2 Å². The molecule has 0 bridgehead atoms. The van der Waals surface area contributed by atoms with Gasteiger partial charge in [-0.25, -0.2) is 9.97 Å². The van der Waals surface area contributed by atoms with Crippen LogP contribution in [-0.4, -0.2) is 23.1 Å². The van der Waals surface area contributed by atoms with Crippen LogP contribution in [0.4, 0.5) is 5.82 Å². The van der Waals surface area contributed by atoms with Crippen molar-refractivity contribution in [1.82, 2.24) is 15.3 Å². The molecule has 1 aliphatic heterocycles. The summed E-state index contributed by atoms with van der Waals surface area (Å²) < 4.78 is 0. The topological polar surface area (TPSA) is 73.6 Å².